The minimum atomic E-state index is 0.572. The maximum absolute atomic E-state index is 4.07. The van der Waals surface area contributed by atoms with Gasteiger partial charge in [-0.3, -0.25) is 0 Å². The highest BCUT2D eigenvalue weighted by Gasteiger charge is 2.12. The van der Waals surface area contributed by atoms with Gasteiger partial charge in [0.1, 0.15) is 0 Å². The van der Waals surface area contributed by atoms with Gasteiger partial charge in [0.15, 0.2) is 0 Å². The Hall–Kier alpha value is -0.460. The predicted octanol–water partition coefficient (Wildman–Crippen LogP) is 3.47. The van der Waals surface area contributed by atoms with Crippen molar-refractivity contribution in [3.8, 4) is 0 Å². The molecule has 1 nitrogen and oxygen atoms in total. The molecule has 0 spiro atoms. The predicted molar refractivity (Wildman–Crippen MR) is 58.6 cm³/mol. The fourth-order valence-electron chi connectivity index (χ4n) is 1.85. The molecule has 0 bridgehead atoms. The van der Waals surface area contributed by atoms with Gasteiger partial charge in [0.05, 0.1) is 0 Å². The van der Waals surface area contributed by atoms with E-state index in [-0.39, 0.29) is 0 Å². The molecule has 1 heteroatoms. The van der Waals surface area contributed by atoms with E-state index in [1.165, 1.54) is 44.2 Å². The van der Waals surface area contributed by atoms with Crippen molar-refractivity contribution in [3.05, 3.63) is 12.3 Å². The number of hydrogen-bond acceptors (Lipinski definition) is 1. The Morgan fingerprint density at radius 3 is 2.15 bits per heavy atom. The Bertz CT molecular complexity index is 153. The van der Waals surface area contributed by atoms with E-state index in [4.69, 9.17) is 0 Å². The van der Waals surface area contributed by atoms with Gasteiger partial charge < -0.3 is 5.32 Å². The molecular weight excluding hydrogens is 158 g/mol. The van der Waals surface area contributed by atoms with Crippen molar-refractivity contribution < 1.29 is 0 Å². The van der Waals surface area contributed by atoms with Crippen molar-refractivity contribution in [2.75, 3.05) is 0 Å². The van der Waals surface area contributed by atoms with E-state index in [9.17, 15) is 0 Å². The van der Waals surface area contributed by atoms with Gasteiger partial charge >= 0.3 is 0 Å². The fourth-order valence-corrected chi connectivity index (χ4v) is 1.85. The lowest BCUT2D eigenvalue weighted by atomic mass is 10.1. The highest BCUT2D eigenvalue weighted by Crippen LogP contribution is 2.18. The van der Waals surface area contributed by atoms with E-state index in [1.54, 1.807) is 0 Å². The Morgan fingerprint density at radius 2 is 1.69 bits per heavy atom. The van der Waals surface area contributed by atoms with Gasteiger partial charge in [-0.05, 0) is 18.8 Å². The smallest absolute Gasteiger partial charge is 0.0258 e. The number of nitrogens with one attached hydrogen (secondary N) is 1. The summed E-state index contributed by atoms with van der Waals surface area (Å²) in [5, 5.41) is 3.56. The van der Waals surface area contributed by atoms with Crippen LogP contribution in [0.2, 0.25) is 0 Å². The molecule has 1 rings (SSSR count). The molecule has 0 aromatic rings. The molecule has 1 fully saturated rings. The highest BCUT2D eigenvalue weighted by molar-refractivity contribution is 4.97. The minimum absolute atomic E-state index is 0.572. The zero-order valence-corrected chi connectivity index (χ0v) is 9.10. The van der Waals surface area contributed by atoms with Crippen LogP contribution in [0.25, 0.3) is 0 Å². The molecule has 0 aromatic carbocycles. The molecule has 13 heavy (non-hydrogen) atoms. The third-order valence-electron chi connectivity index (χ3n) is 2.94. The van der Waals surface area contributed by atoms with Crippen LogP contribution in [-0.2, 0) is 0 Å². The van der Waals surface area contributed by atoms with Gasteiger partial charge in [0.25, 0.3) is 0 Å². The van der Waals surface area contributed by atoms with E-state index >= 15 is 0 Å². The molecule has 0 aliphatic heterocycles. The van der Waals surface area contributed by atoms with Crippen LogP contribution >= 0.6 is 0 Å². The second-order valence-electron chi connectivity index (χ2n) is 4.51. The molecular formula is C12H23N. The summed E-state index contributed by atoms with van der Waals surface area (Å²) in [5.41, 5.74) is 1.21. The van der Waals surface area contributed by atoms with Gasteiger partial charge in [-0.2, -0.15) is 0 Å². The van der Waals surface area contributed by atoms with Crippen LogP contribution in [0.4, 0.5) is 0 Å². The molecule has 0 unspecified atom stereocenters. The molecule has 1 saturated carbocycles. The summed E-state index contributed by atoms with van der Waals surface area (Å²) in [5.74, 6) is 0.572. The largest absolute Gasteiger partial charge is 0.386 e. The molecule has 0 radical (unpaired) electrons. The second kappa shape index (κ2) is 5.31. The van der Waals surface area contributed by atoms with Crippen LogP contribution < -0.4 is 5.32 Å². The average molecular weight is 181 g/mol. The zero-order chi connectivity index (χ0) is 9.68. The number of rotatable bonds is 3. The first-order valence-corrected chi connectivity index (χ1v) is 5.65. The zero-order valence-electron chi connectivity index (χ0n) is 9.10. The molecule has 0 amide bonds. The molecule has 1 aliphatic rings. The van der Waals surface area contributed by atoms with Crippen LogP contribution in [-0.4, -0.2) is 6.04 Å². The van der Waals surface area contributed by atoms with Crippen molar-refractivity contribution in [3.63, 3.8) is 0 Å². The van der Waals surface area contributed by atoms with E-state index in [0.29, 0.717) is 12.0 Å². The topological polar surface area (TPSA) is 12.0 Å². The summed E-state index contributed by atoms with van der Waals surface area (Å²) >= 11 is 0. The van der Waals surface area contributed by atoms with Gasteiger partial charge in [0.2, 0.25) is 0 Å². The van der Waals surface area contributed by atoms with Crippen LogP contribution in [0, 0.1) is 5.92 Å². The standard InChI is InChI=1S/C12H23N/c1-10(2)11(3)13-12-8-6-4-5-7-9-12/h10,12-13H,3-9H2,1-2H3. The summed E-state index contributed by atoms with van der Waals surface area (Å²) in [7, 11) is 0. The van der Waals surface area contributed by atoms with Gasteiger partial charge in [-0.15, -0.1) is 0 Å². The molecule has 0 atom stereocenters. The normalized spacial score (nSPS) is 19.9. The lowest BCUT2D eigenvalue weighted by molar-refractivity contribution is 0.476. The first-order chi connectivity index (χ1) is 6.20. The van der Waals surface area contributed by atoms with Crippen LogP contribution in [0.5, 0.6) is 0 Å². The Morgan fingerprint density at radius 1 is 1.15 bits per heavy atom. The van der Waals surface area contributed by atoms with Crippen molar-refractivity contribution >= 4 is 0 Å². The molecule has 1 aliphatic carbocycles. The molecule has 76 valence electrons. The van der Waals surface area contributed by atoms with Gasteiger partial charge in [-0.25, -0.2) is 0 Å². The first-order valence-electron chi connectivity index (χ1n) is 5.65. The van der Waals surface area contributed by atoms with Crippen molar-refractivity contribution in [2.24, 2.45) is 5.92 Å². The summed E-state index contributed by atoms with van der Waals surface area (Å²) in [6.07, 6.45) is 8.31. The minimum Gasteiger partial charge on any atom is -0.386 e. The summed E-state index contributed by atoms with van der Waals surface area (Å²) in [6.45, 7) is 8.47. The van der Waals surface area contributed by atoms with Crippen molar-refractivity contribution in [1.29, 1.82) is 0 Å². The van der Waals surface area contributed by atoms with E-state index < -0.39 is 0 Å². The summed E-state index contributed by atoms with van der Waals surface area (Å²) < 4.78 is 0. The SMILES string of the molecule is C=C(NC1CCCCCC1)C(C)C. The molecule has 0 saturated heterocycles. The Kier molecular flexibility index (Phi) is 4.34. The number of allylic oxidation sites excluding steroid dienone is 1. The van der Waals surface area contributed by atoms with Crippen LogP contribution in [0.15, 0.2) is 12.3 Å². The van der Waals surface area contributed by atoms with Gasteiger partial charge in [0, 0.05) is 11.7 Å². The van der Waals surface area contributed by atoms with Crippen LogP contribution in [0.1, 0.15) is 52.4 Å². The first kappa shape index (κ1) is 10.6. The second-order valence-corrected chi connectivity index (χ2v) is 4.51. The van der Waals surface area contributed by atoms with E-state index in [2.05, 4.69) is 25.7 Å². The maximum Gasteiger partial charge on any atom is 0.0258 e. The number of hydrogen-bond donors (Lipinski definition) is 1. The molecule has 1 N–H and O–H groups in total. The molecule has 0 heterocycles. The lowest BCUT2D eigenvalue weighted by Crippen LogP contribution is -2.29. The Labute approximate surface area is 82.6 Å². The third-order valence-corrected chi connectivity index (χ3v) is 2.94. The monoisotopic (exact) mass is 181 g/mol. The van der Waals surface area contributed by atoms with Crippen molar-refractivity contribution in [2.45, 2.75) is 58.4 Å². The fraction of sp³-hybridized carbons (Fsp3) is 0.833. The van der Waals surface area contributed by atoms with E-state index in [1.807, 2.05) is 0 Å². The maximum atomic E-state index is 4.07. The lowest BCUT2D eigenvalue weighted by Gasteiger charge is -2.21. The highest BCUT2D eigenvalue weighted by atomic mass is 14.9. The van der Waals surface area contributed by atoms with Crippen LogP contribution in [0.3, 0.4) is 0 Å². The van der Waals surface area contributed by atoms with Crippen molar-refractivity contribution in [1.82, 2.24) is 5.32 Å². The quantitative estimate of drug-likeness (QED) is 0.657. The average Bonchev–Trinajstić information content (AvgIpc) is 2.32. The summed E-state index contributed by atoms with van der Waals surface area (Å²) in [6, 6.07) is 0.706. The summed E-state index contributed by atoms with van der Waals surface area (Å²) in [4.78, 5) is 0. The van der Waals surface area contributed by atoms with Gasteiger partial charge in [-0.1, -0.05) is 46.1 Å². The third kappa shape index (κ3) is 3.84. The Balaban J connectivity index is 2.29. The van der Waals surface area contributed by atoms with E-state index in [0.717, 1.165) is 0 Å². The molecule has 0 aromatic heterocycles.